The minimum absolute atomic E-state index is 0.354. The van der Waals surface area contributed by atoms with Crippen LogP contribution in [0.4, 0.5) is 5.69 Å². The molecule has 0 unspecified atom stereocenters. The lowest BCUT2D eigenvalue weighted by molar-refractivity contribution is 0.0526. The van der Waals surface area contributed by atoms with E-state index in [9.17, 15) is 4.79 Å². The van der Waals surface area contributed by atoms with Crippen LogP contribution in [-0.4, -0.2) is 19.2 Å². The summed E-state index contributed by atoms with van der Waals surface area (Å²) in [5.74, 6) is 0.242. The summed E-state index contributed by atoms with van der Waals surface area (Å²) in [7, 11) is 0. The molecule has 0 radical (unpaired) electrons. The summed E-state index contributed by atoms with van der Waals surface area (Å²) in [6, 6.07) is 4.92. The molecule has 88 valence electrons. The van der Waals surface area contributed by atoms with Crippen molar-refractivity contribution in [2.75, 3.05) is 18.9 Å². The van der Waals surface area contributed by atoms with Gasteiger partial charge in [0.05, 0.1) is 24.5 Å². The first-order valence-electron chi connectivity index (χ1n) is 5.38. The van der Waals surface area contributed by atoms with Crippen LogP contribution in [0.1, 0.15) is 30.6 Å². The SMILES string of the molecule is CCCOc1ccc(C(=O)OCC)cc1N. The number of nitrogens with two attached hydrogens (primary N) is 1. The number of carbonyl (C=O) groups is 1. The highest BCUT2D eigenvalue weighted by atomic mass is 16.5. The Morgan fingerprint density at radius 2 is 2.12 bits per heavy atom. The Bertz CT molecular complexity index is 363. The van der Waals surface area contributed by atoms with Gasteiger partial charge < -0.3 is 15.2 Å². The molecular formula is C12H17NO3. The Labute approximate surface area is 95.3 Å². The van der Waals surface area contributed by atoms with E-state index in [4.69, 9.17) is 15.2 Å². The maximum absolute atomic E-state index is 11.4. The first kappa shape index (κ1) is 12.4. The van der Waals surface area contributed by atoms with Gasteiger partial charge in [-0.05, 0) is 31.5 Å². The van der Waals surface area contributed by atoms with Gasteiger partial charge in [0.2, 0.25) is 0 Å². The largest absolute Gasteiger partial charge is 0.491 e. The fourth-order valence-electron chi connectivity index (χ4n) is 1.23. The van der Waals surface area contributed by atoms with E-state index in [2.05, 4.69) is 0 Å². The van der Waals surface area contributed by atoms with Crippen molar-refractivity contribution >= 4 is 11.7 Å². The highest BCUT2D eigenvalue weighted by Gasteiger charge is 2.09. The van der Waals surface area contributed by atoms with Gasteiger partial charge in [-0.2, -0.15) is 0 Å². The third kappa shape index (κ3) is 3.15. The molecule has 1 rings (SSSR count). The fraction of sp³-hybridized carbons (Fsp3) is 0.417. The van der Waals surface area contributed by atoms with Crippen molar-refractivity contribution < 1.29 is 14.3 Å². The number of hydrogen-bond donors (Lipinski definition) is 1. The summed E-state index contributed by atoms with van der Waals surface area (Å²) in [5, 5.41) is 0. The second kappa shape index (κ2) is 6.00. The molecule has 0 fully saturated rings. The molecule has 0 aliphatic heterocycles. The van der Waals surface area contributed by atoms with Crippen LogP contribution in [0.15, 0.2) is 18.2 Å². The lowest BCUT2D eigenvalue weighted by Gasteiger charge is -2.09. The van der Waals surface area contributed by atoms with Crippen LogP contribution >= 0.6 is 0 Å². The van der Waals surface area contributed by atoms with E-state index in [0.717, 1.165) is 6.42 Å². The molecule has 1 aromatic carbocycles. The highest BCUT2D eigenvalue weighted by molar-refractivity contribution is 5.91. The zero-order chi connectivity index (χ0) is 12.0. The average Bonchev–Trinajstić information content (AvgIpc) is 2.27. The van der Waals surface area contributed by atoms with Crippen LogP contribution in [0.25, 0.3) is 0 Å². The van der Waals surface area contributed by atoms with Gasteiger partial charge in [0.25, 0.3) is 0 Å². The lowest BCUT2D eigenvalue weighted by Crippen LogP contribution is -2.06. The maximum atomic E-state index is 11.4. The summed E-state index contributed by atoms with van der Waals surface area (Å²) < 4.78 is 10.3. The summed E-state index contributed by atoms with van der Waals surface area (Å²) in [6.07, 6.45) is 0.916. The first-order valence-corrected chi connectivity index (χ1v) is 5.38. The summed E-state index contributed by atoms with van der Waals surface area (Å²) in [6.45, 7) is 4.75. The average molecular weight is 223 g/mol. The summed E-state index contributed by atoms with van der Waals surface area (Å²) >= 11 is 0. The molecule has 4 nitrogen and oxygen atoms in total. The Kier molecular flexibility index (Phi) is 4.64. The van der Waals surface area contributed by atoms with Crippen molar-refractivity contribution in [3.63, 3.8) is 0 Å². The van der Waals surface area contributed by atoms with Gasteiger partial charge in [0, 0.05) is 0 Å². The molecule has 0 atom stereocenters. The topological polar surface area (TPSA) is 61.5 Å². The Morgan fingerprint density at radius 1 is 1.38 bits per heavy atom. The number of hydrogen-bond acceptors (Lipinski definition) is 4. The number of ether oxygens (including phenoxy) is 2. The molecule has 0 saturated heterocycles. The fourth-order valence-corrected chi connectivity index (χ4v) is 1.23. The Morgan fingerprint density at radius 3 is 2.69 bits per heavy atom. The minimum Gasteiger partial charge on any atom is -0.491 e. The Hall–Kier alpha value is -1.71. The smallest absolute Gasteiger partial charge is 0.338 e. The standard InChI is InChI=1S/C12H17NO3/c1-3-7-16-11-6-5-9(8-10(11)13)12(14)15-4-2/h5-6,8H,3-4,7,13H2,1-2H3. The number of nitrogen functional groups attached to an aromatic ring is 1. The molecule has 0 bridgehead atoms. The van der Waals surface area contributed by atoms with Crippen molar-refractivity contribution in [1.82, 2.24) is 0 Å². The van der Waals surface area contributed by atoms with E-state index in [-0.39, 0.29) is 5.97 Å². The van der Waals surface area contributed by atoms with Gasteiger partial charge >= 0.3 is 5.97 Å². The minimum atomic E-state index is -0.365. The number of carbonyl (C=O) groups excluding carboxylic acids is 1. The van der Waals surface area contributed by atoms with Crippen LogP contribution < -0.4 is 10.5 Å². The molecule has 0 heterocycles. The number of benzene rings is 1. The van der Waals surface area contributed by atoms with Gasteiger partial charge in [-0.15, -0.1) is 0 Å². The van der Waals surface area contributed by atoms with Gasteiger partial charge in [-0.3, -0.25) is 0 Å². The molecule has 2 N–H and O–H groups in total. The molecule has 16 heavy (non-hydrogen) atoms. The number of rotatable bonds is 5. The van der Waals surface area contributed by atoms with Crippen molar-refractivity contribution in [2.24, 2.45) is 0 Å². The maximum Gasteiger partial charge on any atom is 0.338 e. The zero-order valence-electron chi connectivity index (χ0n) is 9.66. The van der Waals surface area contributed by atoms with Crippen LogP contribution in [0.2, 0.25) is 0 Å². The lowest BCUT2D eigenvalue weighted by atomic mass is 10.2. The van der Waals surface area contributed by atoms with Crippen LogP contribution in [-0.2, 0) is 4.74 Å². The van der Waals surface area contributed by atoms with Crippen molar-refractivity contribution in [3.05, 3.63) is 23.8 Å². The van der Waals surface area contributed by atoms with E-state index in [1.54, 1.807) is 25.1 Å². The summed E-state index contributed by atoms with van der Waals surface area (Å²) in [4.78, 5) is 11.4. The van der Waals surface area contributed by atoms with Crippen LogP contribution in [0.3, 0.4) is 0 Å². The Balaban J connectivity index is 2.78. The van der Waals surface area contributed by atoms with E-state index in [0.29, 0.717) is 30.2 Å². The molecule has 0 spiro atoms. The van der Waals surface area contributed by atoms with Gasteiger partial charge in [0.15, 0.2) is 0 Å². The normalized spacial score (nSPS) is 9.88. The molecule has 1 aromatic rings. The van der Waals surface area contributed by atoms with E-state index >= 15 is 0 Å². The highest BCUT2D eigenvalue weighted by Crippen LogP contribution is 2.23. The number of esters is 1. The molecular weight excluding hydrogens is 206 g/mol. The molecule has 4 heteroatoms. The van der Waals surface area contributed by atoms with E-state index in [1.807, 2.05) is 6.92 Å². The van der Waals surface area contributed by atoms with Crippen molar-refractivity contribution in [1.29, 1.82) is 0 Å². The third-order valence-electron chi connectivity index (χ3n) is 1.98. The second-order valence-corrected chi connectivity index (χ2v) is 3.32. The van der Waals surface area contributed by atoms with E-state index < -0.39 is 0 Å². The van der Waals surface area contributed by atoms with Crippen molar-refractivity contribution in [3.8, 4) is 5.75 Å². The third-order valence-corrected chi connectivity index (χ3v) is 1.98. The predicted molar refractivity (Wildman–Crippen MR) is 62.6 cm³/mol. The number of anilines is 1. The molecule has 0 aliphatic carbocycles. The molecule has 0 amide bonds. The molecule has 0 saturated carbocycles. The monoisotopic (exact) mass is 223 g/mol. The predicted octanol–water partition coefficient (Wildman–Crippen LogP) is 2.23. The van der Waals surface area contributed by atoms with Gasteiger partial charge in [-0.1, -0.05) is 6.92 Å². The second-order valence-electron chi connectivity index (χ2n) is 3.32. The van der Waals surface area contributed by atoms with E-state index in [1.165, 1.54) is 0 Å². The molecule has 0 aliphatic rings. The zero-order valence-corrected chi connectivity index (χ0v) is 9.66. The van der Waals surface area contributed by atoms with Gasteiger partial charge in [0.1, 0.15) is 5.75 Å². The van der Waals surface area contributed by atoms with Crippen LogP contribution in [0, 0.1) is 0 Å². The van der Waals surface area contributed by atoms with Crippen LogP contribution in [0.5, 0.6) is 5.75 Å². The van der Waals surface area contributed by atoms with Gasteiger partial charge in [-0.25, -0.2) is 4.79 Å². The molecule has 0 aromatic heterocycles. The summed E-state index contributed by atoms with van der Waals surface area (Å²) in [5.41, 5.74) is 6.67. The quantitative estimate of drug-likeness (QED) is 0.614. The first-order chi connectivity index (χ1) is 7.69. The van der Waals surface area contributed by atoms with Crippen molar-refractivity contribution in [2.45, 2.75) is 20.3 Å².